The van der Waals surface area contributed by atoms with E-state index in [0.717, 1.165) is 63.5 Å². The molecule has 2 aliphatic rings. The maximum absolute atomic E-state index is 12.8. The Bertz CT molecular complexity index is 790. The highest BCUT2D eigenvalue weighted by Gasteiger charge is 2.31. The van der Waals surface area contributed by atoms with Crippen molar-refractivity contribution in [2.24, 2.45) is 11.8 Å². The van der Waals surface area contributed by atoms with Gasteiger partial charge in [0.05, 0.1) is 11.7 Å². The number of nitriles is 1. The number of ether oxygens (including phenoxy) is 1. The third-order valence-corrected chi connectivity index (χ3v) is 6.58. The first kappa shape index (κ1) is 23.5. The highest BCUT2D eigenvalue weighted by molar-refractivity contribution is 5.27. The Morgan fingerprint density at radius 3 is 2.23 bits per heavy atom. The van der Waals surface area contributed by atoms with Gasteiger partial charge in [0.15, 0.2) is 5.83 Å². The van der Waals surface area contributed by atoms with Crippen molar-refractivity contribution < 1.29 is 22.3 Å². The molecular formula is C25H29F4NO. The lowest BCUT2D eigenvalue weighted by Gasteiger charge is -2.32. The minimum absolute atomic E-state index is 0.238. The molecule has 2 saturated carbocycles. The van der Waals surface area contributed by atoms with Crippen molar-refractivity contribution in [2.75, 3.05) is 6.61 Å². The Balaban J connectivity index is 1.35. The van der Waals surface area contributed by atoms with Gasteiger partial charge in [-0.2, -0.15) is 22.8 Å². The maximum Gasteiger partial charge on any atom is 0.416 e. The molecule has 0 amide bonds. The molecule has 2 aliphatic carbocycles. The quantitative estimate of drug-likeness (QED) is 0.263. The Hall–Kier alpha value is -2.13. The van der Waals surface area contributed by atoms with E-state index in [1.54, 1.807) is 18.2 Å². The molecule has 168 valence electrons. The van der Waals surface area contributed by atoms with Gasteiger partial charge in [-0.15, -0.1) is 0 Å². The van der Waals surface area contributed by atoms with Gasteiger partial charge in [0.2, 0.25) is 0 Å². The molecular weight excluding hydrogens is 406 g/mol. The van der Waals surface area contributed by atoms with Crippen molar-refractivity contribution in [3.8, 4) is 6.07 Å². The van der Waals surface area contributed by atoms with Gasteiger partial charge in [-0.05, 0) is 92.9 Å². The Morgan fingerprint density at radius 1 is 1.00 bits per heavy atom. The highest BCUT2D eigenvalue weighted by atomic mass is 19.4. The second-order valence-corrected chi connectivity index (χ2v) is 8.72. The molecule has 0 heterocycles. The second kappa shape index (κ2) is 10.9. The molecule has 0 atom stereocenters. The molecule has 1 aromatic carbocycles. The molecule has 0 aliphatic heterocycles. The third-order valence-electron chi connectivity index (χ3n) is 6.58. The molecule has 0 N–H and O–H groups in total. The smallest absolute Gasteiger partial charge is 0.378 e. The number of allylic oxidation sites excluding steroid dienone is 4. The molecule has 2 nitrogen and oxygen atoms in total. The SMILES string of the molecule is N#CC(F)=CC=CC1CCC(COC2CCC(c3ccc(C(F)(F)F)cc3)CC2)CC1. The third kappa shape index (κ3) is 7.21. The molecule has 0 unspecified atom stereocenters. The van der Waals surface area contributed by atoms with Crippen molar-refractivity contribution in [1.29, 1.82) is 5.26 Å². The van der Waals surface area contributed by atoms with E-state index in [1.807, 2.05) is 6.08 Å². The van der Waals surface area contributed by atoms with Crippen molar-refractivity contribution in [1.82, 2.24) is 0 Å². The van der Waals surface area contributed by atoms with Gasteiger partial charge in [-0.25, -0.2) is 0 Å². The molecule has 0 radical (unpaired) electrons. The fraction of sp³-hybridized carbons (Fsp3) is 0.560. The van der Waals surface area contributed by atoms with Crippen LogP contribution in [0, 0.1) is 23.2 Å². The van der Waals surface area contributed by atoms with Gasteiger partial charge in [0, 0.05) is 6.61 Å². The van der Waals surface area contributed by atoms with Gasteiger partial charge in [0.25, 0.3) is 0 Å². The second-order valence-electron chi connectivity index (χ2n) is 8.72. The first-order valence-corrected chi connectivity index (χ1v) is 11.1. The summed E-state index contributed by atoms with van der Waals surface area (Å²) in [5.41, 5.74) is 0.395. The molecule has 0 spiro atoms. The minimum atomic E-state index is -4.29. The van der Waals surface area contributed by atoms with Crippen LogP contribution in [0.3, 0.4) is 0 Å². The van der Waals surface area contributed by atoms with Crippen LogP contribution in [0.25, 0.3) is 0 Å². The van der Waals surface area contributed by atoms with Crippen LogP contribution in [0.15, 0.2) is 48.3 Å². The predicted molar refractivity (Wildman–Crippen MR) is 112 cm³/mol. The number of hydrogen-bond acceptors (Lipinski definition) is 2. The number of hydrogen-bond donors (Lipinski definition) is 0. The van der Waals surface area contributed by atoms with E-state index in [4.69, 9.17) is 10.00 Å². The molecule has 0 bridgehead atoms. The fourth-order valence-corrected chi connectivity index (χ4v) is 4.66. The average Bonchev–Trinajstić information content (AvgIpc) is 2.78. The summed E-state index contributed by atoms with van der Waals surface area (Å²) in [4.78, 5) is 0. The largest absolute Gasteiger partial charge is 0.416 e. The highest BCUT2D eigenvalue weighted by Crippen LogP contribution is 2.37. The van der Waals surface area contributed by atoms with Gasteiger partial charge in [-0.3, -0.25) is 0 Å². The summed E-state index contributed by atoms with van der Waals surface area (Å²) < 4.78 is 57.1. The van der Waals surface area contributed by atoms with E-state index in [0.29, 0.717) is 17.8 Å². The van der Waals surface area contributed by atoms with Gasteiger partial charge in [-0.1, -0.05) is 24.3 Å². The number of halogens is 4. The fourth-order valence-electron chi connectivity index (χ4n) is 4.66. The Labute approximate surface area is 181 Å². The van der Waals surface area contributed by atoms with Crippen LogP contribution in [0.1, 0.15) is 68.4 Å². The summed E-state index contributed by atoms with van der Waals surface area (Å²) in [5, 5.41) is 8.40. The average molecular weight is 436 g/mol. The van der Waals surface area contributed by atoms with E-state index in [1.165, 1.54) is 24.3 Å². The van der Waals surface area contributed by atoms with E-state index >= 15 is 0 Å². The number of nitrogens with zero attached hydrogens (tertiary/aromatic N) is 1. The van der Waals surface area contributed by atoms with Crippen molar-refractivity contribution in [2.45, 2.75) is 69.6 Å². The predicted octanol–water partition coefficient (Wildman–Crippen LogP) is 7.49. The van der Waals surface area contributed by atoms with Crippen molar-refractivity contribution in [3.63, 3.8) is 0 Å². The molecule has 1 aromatic rings. The topological polar surface area (TPSA) is 33.0 Å². The van der Waals surface area contributed by atoms with Crippen LogP contribution in [-0.4, -0.2) is 12.7 Å². The first-order chi connectivity index (χ1) is 14.8. The summed E-state index contributed by atoms with van der Waals surface area (Å²) in [5.74, 6) is 0.512. The van der Waals surface area contributed by atoms with Crippen molar-refractivity contribution >= 4 is 0 Å². The van der Waals surface area contributed by atoms with E-state index < -0.39 is 17.6 Å². The van der Waals surface area contributed by atoms with E-state index in [9.17, 15) is 17.6 Å². The minimum Gasteiger partial charge on any atom is -0.378 e. The lowest BCUT2D eigenvalue weighted by molar-refractivity contribution is -0.137. The van der Waals surface area contributed by atoms with Crippen LogP contribution >= 0.6 is 0 Å². The molecule has 3 rings (SSSR count). The van der Waals surface area contributed by atoms with Crippen LogP contribution in [0.4, 0.5) is 17.6 Å². The molecule has 0 aromatic heterocycles. The first-order valence-electron chi connectivity index (χ1n) is 11.1. The zero-order chi connectivity index (χ0) is 22.3. The maximum atomic E-state index is 12.8. The van der Waals surface area contributed by atoms with Crippen molar-refractivity contribution in [3.05, 3.63) is 59.4 Å². The number of rotatable bonds is 6. The molecule has 6 heteroatoms. The normalized spacial score (nSPS) is 27.9. The molecule has 0 saturated heterocycles. The summed E-state index contributed by atoms with van der Waals surface area (Å²) in [6.45, 7) is 0.759. The lowest BCUT2D eigenvalue weighted by Crippen LogP contribution is -2.25. The standard InChI is InChI=1S/C25H29F4NO/c26-23(16-30)3-1-2-18-4-6-19(7-5-18)17-31-24-14-10-21(11-15-24)20-8-12-22(13-9-20)25(27,28)29/h1-3,8-9,12-13,18-19,21,24H,4-7,10-11,14-15,17H2. The summed E-state index contributed by atoms with van der Waals surface area (Å²) in [6, 6.07) is 7.06. The van der Waals surface area contributed by atoms with Crippen LogP contribution < -0.4 is 0 Å². The Morgan fingerprint density at radius 2 is 1.65 bits per heavy atom. The number of benzene rings is 1. The monoisotopic (exact) mass is 435 g/mol. The van der Waals surface area contributed by atoms with E-state index in [2.05, 4.69) is 0 Å². The van der Waals surface area contributed by atoms with Gasteiger partial charge < -0.3 is 4.74 Å². The number of alkyl halides is 3. The van der Waals surface area contributed by atoms with E-state index in [-0.39, 0.29) is 6.10 Å². The zero-order valence-corrected chi connectivity index (χ0v) is 17.6. The summed E-state index contributed by atoms with van der Waals surface area (Å²) >= 11 is 0. The van der Waals surface area contributed by atoms with Crippen LogP contribution in [0.5, 0.6) is 0 Å². The summed E-state index contributed by atoms with van der Waals surface area (Å²) in [7, 11) is 0. The van der Waals surface area contributed by atoms with Gasteiger partial charge >= 0.3 is 6.18 Å². The Kier molecular flexibility index (Phi) is 8.31. The molecule has 31 heavy (non-hydrogen) atoms. The zero-order valence-electron chi connectivity index (χ0n) is 17.6. The lowest BCUT2D eigenvalue weighted by atomic mass is 9.81. The van der Waals surface area contributed by atoms with Gasteiger partial charge in [0.1, 0.15) is 6.07 Å². The van der Waals surface area contributed by atoms with Crippen LogP contribution in [0.2, 0.25) is 0 Å². The molecule has 2 fully saturated rings. The summed E-state index contributed by atoms with van der Waals surface area (Å²) in [6.07, 6.45) is 8.82. The van der Waals surface area contributed by atoms with Crippen LogP contribution in [-0.2, 0) is 10.9 Å².